The zero-order valence-electron chi connectivity index (χ0n) is 14.6. The highest BCUT2D eigenvalue weighted by molar-refractivity contribution is 7.14. The number of thiazole rings is 1. The number of nitrogens with one attached hydrogen (secondary N) is 2. The Hall–Kier alpha value is -2.51. The van der Waals surface area contributed by atoms with E-state index in [1.165, 1.54) is 35.5 Å². The van der Waals surface area contributed by atoms with E-state index in [0.29, 0.717) is 22.3 Å². The number of anilines is 1. The minimum Gasteiger partial charge on any atom is -0.339 e. The molecule has 27 heavy (non-hydrogen) atoms. The highest BCUT2D eigenvalue weighted by Gasteiger charge is 2.27. The standard InChI is InChI=1S/C20H19N3O2S2/c24-18(23-20-22-16(12-27-20)14-8-9-14)15(11-13-5-2-1-3-6-13)21-19(25)17-7-4-10-26-17/h1-7,10,12,14-15H,8-9,11H2,(H,21,25)(H,22,23,24). The van der Waals surface area contributed by atoms with Crippen LogP contribution in [0.5, 0.6) is 0 Å². The van der Waals surface area contributed by atoms with E-state index in [9.17, 15) is 9.59 Å². The van der Waals surface area contributed by atoms with Gasteiger partial charge in [0.25, 0.3) is 5.91 Å². The van der Waals surface area contributed by atoms with Crippen LogP contribution in [-0.4, -0.2) is 22.8 Å². The fraction of sp³-hybridized carbons (Fsp3) is 0.250. The molecule has 1 fully saturated rings. The van der Waals surface area contributed by atoms with E-state index in [2.05, 4.69) is 15.6 Å². The predicted octanol–water partition coefficient (Wildman–Crippen LogP) is 4.06. The quantitative estimate of drug-likeness (QED) is 0.631. The molecule has 138 valence electrons. The lowest BCUT2D eigenvalue weighted by Crippen LogP contribution is -2.45. The van der Waals surface area contributed by atoms with Gasteiger partial charge in [0.05, 0.1) is 10.6 Å². The highest BCUT2D eigenvalue weighted by Crippen LogP contribution is 2.40. The lowest BCUT2D eigenvalue weighted by atomic mass is 10.1. The summed E-state index contributed by atoms with van der Waals surface area (Å²) < 4.78 is 0. The smallest absolute Gasteiger partial charge is 0.262 e. The summed E-state index contributed by atoms with van der Waals surface area (Å²) in [5.74, 6) is 0.0601. The third kappa shape index (κ3) is 4.61. The summed E-state index contributed by atoms with van der Waals surface area (Å²) in [6.45, 7) is 0. The van der Waals surface area contributed by atoms with Crippen molar-refractivity contribution in [3.63, 3.8) is 0 Å². The maximum Gasteiger partial charge on any atom is 0.262 e. The second-order valence-electron chi connectivity index (χ2n) is 6.53. The number of thiophene rings is 1. The molecular weight excluding hydrogens is 378 g/mol. The van der Waals surface area contributed by atoms with Crippen molar-refractivity contribution in [1.82, 2.24) is 10.3 Å². The molecule has 2 aromatic heterocycles. The molecule has 7 heteroatoms. The first-order valence-electron chi connectivity index (χ1n) is 8.83. The van der Waals surface area contributed by atoms with Gasteiger partial charge in [0.1, 0.15) is 6.04 Å². The number of nitrogens with zero attached hydrogens (tertiary/aromatic N) is 1. The molecule has 0 bridgehead atoms. The van der Waals surface area contributed by atoms with Crippen LogP contribution < -0.4 is 10.6 Å². The maximum absolute atomic E-state index is 12.9. The summed E-state index contributed by atoms with van der Waals surface area (Å²) in [7, 11) is 0. The molecule has 2 amide bonds. The van der Waals surface area contributed by atoms with Crippen LogP contribution >= 0.6 is 22.7 Å². The van der Waals surface area contributed by atoms with Crippen LogP contribution in [0.4, 0.5) is 5.13 Å². The summed E-state index contributed by atoms with van der Waals surface area (Å²) in [5, 5.41) is 10.2. The molecular formula is C20H19N3O2S2. The van der Waals surface area contributed by atoms with E-state index < -0.39 is 6.04 Å². The van der Waals surface area contributed by atoms with E-state index in [1.54, 1.807) is 6.07 Å². The van der Waals surface area contributed by atoms with Crippen LogP contribution in [0.1, 0.15) is 39.7 Å². The summed E-state index contributed by atoms with van der Waals surface area (Å²) in [5.41, 5.74) is 2.04. The third-order valence-electron chi connectivity index (χ3n) is 4.40. The zero-order chi connectivity index (χ0) is 18.6. The molecule has 1 aromatic carbocycles. The Morgan fingerprint density at radius 3 is 2.63 bits per heavy atom. The number of hydrogen-bond donors (Lipinski definition) is 2. The molecule has 0 aliphatic heterocycles. The summed E-state index contributed by atoms with van der Waals surface area (Å²) in [4.78, 5) is 30.4. The van der Waals surface area contributed by atoms with Gasteiger partial charge >= 0.3 is 0 Å². The van der Waals surface area contributed by atoms with Crippen molar-refractivity contribution in [3.8, 4) is 0 Å². The van der Waals surface area contributed by atoms with Crippen LogP contribution in [0.3, 0.4) is 0 Å². The Bertz CT molecular complexity index is 918. The molecule has 1 unspecified atom stereocenters. The lowest BCUT2D eigenvalue weighted by Gasteiger charge is -2.17. The number of rotatable bonds is 7. The Kier molecular flexibility index (Phi) is 5.31. The second-order valence-corrected chi connectivity index (χ2v) is 8.34. The van der Waals surface area contributed by atoms with Gasteiger partial charge in [0, 0.05) is 17.7 Å². The molecule has 5 nitrogen and oxygen atoms in total. The van der Waals surface area contributed by atoms with Crippen molar-refractivity contribution in [3.05, 3.63) is 69.4 Å². The first-order chi connectivity index (χ1) is 13.2. The first-order valence-corrected chi connectivity index (χ1v) is 10.6. The van der Waals surface area contributed by atoms with Crippen LogP contribution in [-0.2, 0) is 11.2 Å². The lowest BCUT2D eigenvalue weighted by molar-refractivity contribution is -0.118. The summed E-state index contributed by atoms with van der Waals surface area (Å²) >= 11 is 2.79. The molecule has 3 aromatic rings. The number of carbonyl (C=O) groups is 2. The SMILES string of the molecule is O=C(NC(Cc1ccccc1)C(=O)Nc1nc(C2CC2)cs1)c1cccs1. The van der Waals surface area contributed by atoms with E-state index >= 15 is 0 Å². The molecule has 0 spiro atoms. The largest absolute Gasteiger partial charge is 0.339 e. The fourth-order valence-electron chi connectivity index (χ4n) is 2.80. The normalized spacial score (nSPS) is 14.5. The monoisotopic (exact) mass is 397 g/mol. The van der Waals surface area contributed by atoms with Gasteiger partial charge in [-0.15, -0.1) is 22.7 Å². The first kappa shape index (κ1) is 17.9. The third-order valence-corrected chi connectivity index (χ3v) is 6.04. The van der Waals surface area contributed by atoms with Gasteiger partial charge in [0.15, 0.2) is 5.13 Å². The predicted molar refractivity (Wildman–Crippen MR) is 108 cm³/mol. The Morgan fingerprint density at radius 1 is 1.11 bits per heavy atom. The molecule has 1 aliphatic carbocycles. The van der Waals surface area contributed by atoms with E-state index in [0.717, 1.165) is 11.3 Å². The van der Waals surface area contributed by atoms with Gasteiger partial charge in [-0.2, -0.15) is 0 Å². The van der Waals surface area contributed by atoms with Gasteiger partial charge < -0.3 is 10.6 Å². The van der Waals surface area contributed by atoms with E-state index in [4.69, 9.17) is 0 Å². The highest BCUT2D eigenvalue weighted by atomic mass is 32.1. The number of hydrogen-bond acceptors (Lipinski definition) is 5. The fourth-order valence-corrected chi connectivity index (χ4v) is 4.22. The number of benzene rings is 1. The molecule has 1 aliphatic rings. The zero-order valence-corrected chi connectivity index (χ0v) is 16.2. The van der Waals surface area contributed by atoms with Crippen molar-refractivity contribution in [2.45, 2.75) is 31.2 Å². The Morgan fingerprint density at radius 2 is 1.93 bits per heavy atom. The van der Waals surface area contributed by atoms with Gasteiger partial charge in [-0.05, 0) is 29.9 Å². The van der Waals surface area contributed by atoms with Gasteiger partial charge in [0.2, 0.25) is 5.91 Å². The second kappa shape index (κ2) is 8.02. The maximum atomic E-state index is 12.9. The molecule has 1 atom stereocenters. The van der Waals surface area contributed by atoms with Gasteiger partial charge in [-0.25, -0.2) is 4.98 Å². The topological polar surface area (TPSA) is 71.1 Å². The van der Waals surface area contributed by atoms with Crippen molar-refractivity contribution in [2.75, 3.05) is 5.32 Å². The number of amides is 2. The van der Waals surface area contributed by atoms with Crippen LogP contribution in [0, 0.1) is 0 Å². The van der Waals surface area contributed by atoms with Crippen molar-refractivity contribution in [2.24, 2.45) is 0 Å². The molecule has 2 N–H and O–H groups in total. The van der Waals surface area contributed by atoms with Gasteiger partial charge in [-0.1, -0.05) is 36.4 Å². The van der Waals surface area contributed by atoms with Crippen molar-refractivity contribution >= 4 is 39.6 Å². The average molecular weight is 398 g/mol. The minimum atomic E-state index is -0.671. The average Bonchev–Trinajstić information content (AvgIpc) is 3.18. The Balaban J connectivity index is 1.48. The summed E-state index contributed by atoms with van der Waals surface area (Å²) in [6.07, 6.45) is 2.76. The molecule has 0 saturated heterocycles. The number of aromatic nitrogens is 1. The molecule has 1 saturated carbocycles. The van der Waals surface area contributed by atoms with E-state index in [-0.39, 0.29) is 11.8 Å². The summed E-state index contributed by atoms with van der Waals surface area (Å²) in [6, 6.07) is 12.6. The molecule has 4 rings (SSSR count). The van der Waals surface area contributed by atoms with E-state index in [1.807, 2.05) is 47.2 Å². The number of carbonyl (C=O) groups excluding carboxylic acids is 2. The van der Waals surface area contributed by atoms with Crippen molar-refractivity contribution in [1.29, 1.82) is 0 Å². The van der Waals surface area contributed by atoms with Crippen LogP contribution in [0.15, 0.2) is 53.2 Å². The van der Waals surface area contributed by atoms with Gasteiger partial charge in [-0.3, -0.25) is 9.59 Å². The Labute approximate surface area is 165 Å². The minimum absolute atomic E-state index is 0.237. The van der Waals surface area contributed by atoms with Crippen molar-refractivity contribution < 1.29 is 9.59 Å². The van der Waals surface area contributed by atoms with Crippen LogP contribution in [0.2, 0.25) is 0 Å². The van der Waals surface area contributed by atoms with Crippen LogP contribution in [0.25, 0.3) is 0 Å². The molecule has 2 heterocycles. The molecule has 0 radical (unpaired) electrons.